The second-order valence-corrected chi connectivity index (χ2v) is 26.0. The molecule has 0 aromatic rings. The smallest absolute Gasteiger partial charge is 0.306 e. The molecule has 506 valence electrons. The van der Waals surface area contributed by atoms with Crippen LogP contribution in [-0.4, -0.2) is 69.4 Å². The second kappa shape index (κ2) is 66.5. The van der Waals surface area contributed by atoms with Crippen molar-refractivity contribution < 1.29 is 37.3 Å². The molecular weight excluding hydrogens is 1120 g/mol. The van der Waals surface area contributed by atoms with Crippen LogP contribution in [0.3, 0.4) is 0 Å². The van der Waals surface area contributed by atoms with E-state index in [-0.39, 0.29) is 31.3 Å². The minimum atomic E-state index is -4.72. The number of amides is 1. The molecule has 10 heteroatoms. The summed E-state index contributed by atoms with van der Waals surface area (Å²) in [6.07, 6.45) is 97.9. The average Bonchev–Trinajstić information content (AvgIpc) is 3.71. The summed E-state index contributed by atoms with van der Waals surface area (Å²) in [5.74, 6) is -0.577. The minimum absolute atomic E-state index is 0.0358. The molecule has 0 aliphatic carbocycles. The highest BCUT2D eigenvalue weighted by molar-refractivity contribution is 7.45. The van der Waals surface area contributed by atoms with E-state index in [4.69, 9.17) is 13.8 Å². The number of hydrogen-bond acceptors (Lipinski definition) is 7. The number of quaternary nitrogens is 1. The number of hydrogen-bond donors (Lipinski definition) is 1. The number of phosphoric ester groups is 1. The number of esters is 1. The Morgan fingerprint density at radius 1 is 0.404 bits per heavy atom. The maximum absolute atomic E-state index is 13.6. The first-order valence-electron chi connectivity index (χ1n) is 35.8. The molecule has 3 unspecified atom stereocenters. The SMILES string of the molecule is CC/C=C\C/C=C\C/C=C\C/C=C\C/C=C\C/C=C\CCCCCCCCCCC(=O)OC(/C=C/CCCCCCCCCCC)C(COP(=O)([O-])OCC[N+](C)(C)C)NC(=O)CCCCCCCC/C=C\C/C=C\C/C=C\C/C=C\C/C=C\C/C=C\CC. The lowest BCUT2D eigenvalue weighted by atomic mass is 10.1. The molecule has 0 rings (SSSR count). The number of carbonyl (C=O) groups excluding carboxylic acids is 2. The fourth-order valence-electron chi connectivity index (χ4n) is 9.53. The quantitative estimate of drug-likeness (QED) is 0.0212. The van der Waals surface area contributed by atoms with Gasteiger partial charge in [-0.05, 0) is 134 Å². The van der Waals surface area contributed by atoms with Crippen LogP contribution < -0.4 is 10.2 Å². The molecule has 0 radical (unpaired) electrons. The Bertz CT molecular complexity index is 2080. The van der Waals surface area contributed by atoms with Crippen molar-refractivity contribution in [2.24, 2.45) is 0 Å². The number of unbranched alkanes of at least 4 members (excludes halogenated alkanes) is 23. The predicted molar refractivity (Wildman–Crippen MR) is 385 cm³/mol. The van der Waals surface area contributed by atoms with Crippen LogP contribution in [0.25, 0.3) is 0 Å². The number of allylic oxidation sites excluding steroid dienone is 25. The van der Waals surface area contributed by atoms with Crippen LogP contribution in [0, 0.1) is 0 Å². The Morgan fingerprint density at radius 3 is 1.08 bits per heavy atom. The van der Waals surface area contributed by atoms with Crippen molar-refractivity contribution in [3.05, 3.63) is 158 Å². The van der Waals surface area contributed by atoms with Crippen molar-refractivity contribution in [1.29, 1.82) is 0 Å². The van der Waals surface area contributed by atoms with Gasteiger partial charge in [0.15, 0.2) is 0 Å². The standard InChI is InChI=1S/C79H133N2O7P/c1-7-10-13-16-19-22-25-27-29-31-33-35-37-39-40-42-44-46-48-50-52-54-57-60-63-66-69-72-79(83)88-77(70-67-64-61-58-55-24-21-18-15-12-9-3)76(75-87-89(84,85)86-74-73-81(4,5)6)80-78(82)71-68-65-62-59-56-53-51-49-47-45-43-41-38-36-34-32-30-28-26-23-20-17-14-11-8-2/h10-11,13-14,19-20,22-23,27-30,33-36,39-41,43-44,46-47,49,67,70,76-77H,7-9,12,15-18,21,24-26,31-32,37-38,42,45,48,50-66,68-69,71-75H2,1-6H3,(H-,80,82,84,85)/b13-10-,14-11-,22-19-,23-20-,29-27-,30-28-,35-33-,36-34-,40-39-,43-41-,46-44-,49-47-,70-67+. The average molecular weight is 1250 g/mol. The van der Waals surface area contributed by atoms with E-state index in [0.29, 0.717) is 23.9 Å². The molecule has 0 saturated heterocycles. The van der Waals surface area contributed by atoms with Gasteiger partial charge in [-0.3, -0.25) is 14.2 Å². The van der Waals surface area contributed by atoms with Crippen LogP contribution in [-0.2, 0) is 27.9 Å². The first-order valence-corrected chi connectivity index (χ1v) is 37.3. The lowest BCUT2D eigenvalue weighted by Gasteiger charge is -2.30. The Morgan fingerprint density at radius 2 is 0.719 bits per heavy atom. The van der Waals surface area contributed by atoms with Gasteiger partial charge < -0.3 is 28.5 Å². The van der Waals surface area contributed by atoms with Gasteiger partial charge in [0.25, 0.3) is 7.82 Å². The molecule has 0 fully saturated rings. The minimum Gasteiger partial charge on any atom is -0.756 e. The van der Waals surface area contributed by atoms with E-state index >= 15 is 0 Å². The molecule has 1 amide bonds. The summed E-state index contributed by atoms with van der Waals surface area (Å²) in [5, 5.41) is 3.03. The first kappa shape index (κ1) is 84.6. The van der Waals surface area contributed by atoms with Crippen LogP contribution in [0.2, 0.25) is 0 Å². The summed E-state index contributed by atoms with van der Waals surface area (Å²) < 4.78 is 30.4. The lowest BCUT2D eigenvalue weighted by Crippen LogP contribution is -2.47. The van der Waals surface area contributed by atoms with E-state index in [1.54, 1.807) is 0 Å². The number of likely N-dealkylation sites (N-methyl/N-ethyl adjacent to an activating group) is 1. The number of rotatable bonds is 63. The Kier molecular flexibility index (Phi) is 63.3. The number of carbonyl (C=O) groups is 2. The van der Waals surface area contributed by atoms with Crippen LogP contribution in [0.5, 0.6) is 0 Å². The van der Waals surface area contributed by atoms with Crippen molar-refractivity contribution in [3.8, 4) is 0 Å². The molecule has 0 heterocycles. The molecule has 0 bridgehead atoms. The Labute approximate surface area is 548 Å². The zero-order chi connectivity index (χ0) is 64.9. The summed E-state index contributed by atoms with van der Waals surface area (Å²) in [7, 11) is 1.15. The molecule has 3 atom stereocenters. The lowest BCUT2D eigenvalue weighted by molar-refractivity contribution is -0.870. The van der Waals surface area contributed by atoms with Crippen molar-refractivity contribution in [3.63, 3.8) is 0 Å². The highest BCUT2D eigenvalue weighted by atomic mass is 31.2. The van der Waals surface area contributed by atoms with E-state index in [1.165, 1.54) is 70.6 Å². The largest absolute Gasteiger partial charge is 0.756 e. The molecule has 9 nitrogen and oxygen atoms in total. The summed E-state index contributed by atoms with van der Waals surface area (Å²) in [6, 6.07) is -0.913. The summed E-state index contributed by atoms with van der Waals surface area (Å²) in [5.41, 5.74) is 0. The number of nitrogens with one attached hydrogen (secondary N) is 1. The van der Waals surface area contributed by atoms with Gasteiger partial charge in [-0.15, -0.1) is 0 Å². The number of nitrogens with zero attached hydrogens (tertiary/aromatic N) is 1. The maximum Gasteiger partial charge on any atom is 0.306 e. The molecule has 89 heavy (non-hydrogen) atoms. The Hall–Kier alpha value is -4.37. The van der Waals surface area contributed by atoms with Crippen molar-refractivity contribution in [2.75, 3.05) is 40.9 Å². The molecular formula is C79H133N2O7P. The summed E-state index contributed by atoms with van der Waals surface area (Å²) >= 11 is 0. The highest BCUT2D eigenvalue weighted by Gasteiger charge is 2.27. The zero-order valence-electron chi connectivity index (χ0n) is 57.8. The fourth-order valence-corrected chi connectivity index (χ4v) is 10.3. The van der Waals surface area contributed by atoms with Gasteiger partial charge in [0.2, 0.25) is 5.91 Å². The molecule has 0 aromatic heterocycles. The number of phosphoric acid groups is 1. The van der Waals surface area contributed by atoms with Crippen molar-refractivity contribution in [1.82, 2.24) is 5.32 Å². The fraction of sp³-hybridized carbons (Fsp3) is 0.646. The molecule has 0 saturated carbocycles. The van der Waals surface area contributed by atoms with Crippen molar-refractivity contribution >= 4 is 19.7 Å². The summed E-state index contributed by atoms with van der Waals surface area (Å²) in [4.78, 5) is 40.2. The monoisotopic (exact) mass is 1250 g/mol. The van der Waals surface area contributed by atoms with Gasteiger partial charge in [0.05, 0.1) is 33.8 Å². The normalized spacial score (nSPS) is 14.5. The van der Waals surface area contributed by atoms with Gasteiger partial charge in [-0.1, -0.05) is 288 Å². The van der Waals surface area contributed by atoms with E-state index in [2.05, 4.69) is 172 Å². The van der Waals surface area contributed by atoms with E-state index < -0.39 is 26.6 Å². The van der Waals surface area contributed by atoms with Gasteiger partial charge in [-0.25, -0.2) is 0 Å². The Balaban J connectivity index is 5.10. The third-order valence-electron chi connectivity index (χ3n) is 15.0. The van der Waals surface area contributed by atoms with Crippen LogP contribution >= 0.6 is 7.82 Å². The molecule has 1 N–H and O–H groups in total. The summed E-state index contributed by atoms with van der Waals surface area (Å²) in [6.45, 7) is 6.58. The molecule has 0 aliphatic rings. The topological polar surface area (TPSA) is 114 Å². The highest BCUT2D eigenvalue weighted by Crippen LogP contribution is 2.38. The van der Waals surface area contributed by atoms with Gasteiger partial charge >= 0.3 is 5.97 Å². The van der Waals surface area contributed by atoms with Crippen molar-refractivity contribution in [2.45, 2.75) is 290 Å². The third-order valence-corrected chi connectivity index (χ3v) is 15.9. The van der Waals surface area contributed by atoms with E-state index in [9.17, 15) is 19.0 Å². The van der Waals surface area contributed by atoms with Crippen LogP contribution in [0.4, 0.5) is 0 Å². The van der Waals surface area contributed by atoms with Gasteiger partial charge in [0.1, 0.15) is 19.3 Å². The van der Waals surface area contributed by atoms with Crippen LogP contribution in [0.1, 0.15) is 278 Å². The van der Waals surface area contributed by atoms with Gasteiger partial charge in [-0.2, -0.15) is 0 Å². The maximum atomic E-state index is 13.6. The van der Waals surface area contributed by atoms with E-state index in [0.717, 1.165) is 161 Å². The van der Waals surface area contributed by atoms with E-state index in [1.807, 2.05) is 33.3 Å². The predicted octanol–water partition coefficient (Wildman–Crippen LogP) is 22.5. The van der Waals surface area contributed by atoms with Crippen LogP contribution in [0.15, 0.2) is 158 Å². The zero-order valence-corrected chi connectivity index (χ0v) is 58.7. The molecule has 0 aliphatic heterocycles. The first-order chi connectivity index (χ1) is 43.4. The second-order valence-electron chi connectivity index (χ2n) is 24.6. The molecule has 0 aromatic carbocycles. The third kappa shape index (κ3) is 67.8. The number of ether oxygens (including phenoxy) is 1. The molecule has 0 spiro atoms. The van der Waals surface area contributed by atoms with Gasteiger partial charge in [0, 0.05) is 12.8 Å².